The normalized spacial score (nSPS) is 17.0. The minimum Gasteiger partial charge on any atom is -0.495 e. The Balaban J connectivity index is 1.88. The van der Waals surface area contributed by atoms with E-state index in [2.05, 4.69) is 15.5 Å². The number of hydrogen-bond acceptors (Lipinski definition) is 8. The van der Waals surface area contributed by atoms with Gasteiger partial charge in [0.15, 0.2) is 5.82 Å². The van der Waals surface area contributed by atoms with E-state index in [0.717, 1.165) is 0 Å². The van der Waals surface area contributed by atoms with Crippen molar-refractivity contribution < 1.29 is 22.4 Å². The maximum Gasteiger partial charge on any atom is 0.248 e. The van der Waals surface area contributed by atoms with E-state index >= 15 is 0 Å². The van der Waals surface area contributed by atoms with Crippen molar-refractivity contribution >= 4 is 15.7 Å². The lowest BCUT2D eigenvalue weighted by molar-refractivity contribution is 0.0729. The van der Waals surface area contributed by atoms with E-state index in [1.165, 1.54) is 11.4 Å². The van der Waals surface area contributed by atoms with Crippen LogP contribution in [0.15, 0.2) is 27.6 Å². The van der Waals surface area contributed by atoms with Crippen LogP contribution in [0.25, 0.3) is 0 Å². The average Bonchev–Trinajstić information content (AvgIpc) is 3.09. The number of aromatic nitrogens is 2. The molecule has 1 N–H and O–H groups in total. The number of nitrogens with one attached hydrogen (secondary N) is 1. The van der Waals surface area contributed by atoms with E-state index in [0.29, 0.717) is 49.5 Å². The highest BCUT2D eigenvalue weighted by molar-refractivity contribution is 7.89. The van der Waals surface area contributed by atoms with Crippen LogP contribution in [-0.2, 0) is 14.8 Å². The van der Waals surface area contributed by atoms with Crippen molar-refractivity contribution in [3.8, 4) is 5.75 Å². The number of ether oxygens (including phenoxy) is 2. The summed E-state index contributed by atoms with van der Waals surface area (Å²) in [4.78, 5) is 4.29. The van der Waals surface area contributed by atoms with Crippen LogP contribution >= 0.6 is 0 Å². The van der Waals surface area contributed by atoms with Gasteiger partial charge < -0.3 is 19.3 Å². The molecule has 26 heavy (non-hydrogen) atoms. The first-order chi connectivity index (χ1) is 12.4. The second-order valence-corrected chi connectivity index (χ2v) is 7.83. The highest BCUT2D eigenvalue weighted by Crippen LogP contribution is 2.31. The smallest absolute Gasteiger partial charge is 0.248 e. The quantitative estimate of drug-likeness (QED) is 0.802. The Kier molecular flexibility index (Phi) is 5.44. The molecule has 0 radical (unpaired) electrons. The van der Waals surface area contributed by atoms with E-state index in [9.17, 15) is 8.42 Å². The molecule has 0 aliphatic carbocycles. The summed E-state index contributed by atoms with van der Waals surface area (Å²) in [5.41, 5.74) is 0.612. The van der Waals surface area contributed by atoms with Gasteiger partial charge in [0, 0.05) is 18.8 Å². The molecule has 1 aliphatic heterocycles. The Morgan fingerprint density at radius 2 is 2.04 bits per heavy atom. The zero-order valence-corrected chi connectivity index (χ0v) is 15.7. The molecule has 1 aromatic heterocycles. The second kappa shape index (κ2) is 7.60. The number of benzene rings is 1. The van der Waals surface area contributed by atoms with E-state index in [-0.39, 0.29) is 10.9 Å². The van der Waals surface area contributed by atoms with Crippen molar-refractivity contribution in [2.75, 3.05) is 38.7 Å². The molecule has 1 unspecified atom stereocenters. The third-order valence-corrected chi connectivity index (χ3v) is 5.97. The van der Waals surface area contributed by atoms with Gasteiger partial charge in [-0.2, -0.15) is 9.29 Å². The van der Waals surface area contributed by atoms with Crippen molar-refractivity contribution in [3.63, 3.8) is 0 Å². The summed E-state index contributed by atoms with van der Waals surface area (Å²) in [5, 5.41) is 6.94. The number of aryl methyl sites for hydroxylation is 1. The number of nitrogens with zero attached hydrogens (tertiary/aromatic N) is 3. The minimum absolute atomic E-state index is 0.112. The lowest BCUT2D eigenvalue weighted by atomic mass is 10.2. The fourth-order valence-electron chi connectivity index (χ4n) is 2.69. The molecular formula is C16H22N4O5S. The Bertz CT molecular complexity index is 861. The Morgan fingerprint density at radius 3 is 2.65 bits per heavy atom. The fourth-order valence-corrected chi connectivity index (χ4v) is 4.28. The lowest BCUT2D eigenvalue weighted by Gasteiger charge is -2.27. The third kappa shape index (κ3) is 3.81. The average molecular weight is 382 g/mol. The second-order valence-electron chi connectivity index (χ2n) is 5.93. The Hall–Kier alpha value is -2.17. The van der Waals surface area contributed by atoms with Crippen molar-refractivity contribution in [2.24, 2.45) is 0 Å². The Morgan fingerprint density at radius 1 is 1.31 bits per heavy atom. The highest BCUT2D eigenvalue weighted by Gasteiger charge is 2.29. The van der Waals surface area contributed by atoms with Crippen LogP contribution in [0.3, 0.4) is 0 Å². The maximum atomic E-state index is 13.0. The van der Waals surface area contributed by atoms with Gasteiger partial charge in [-0.05, 0) is 32.0 Å². The molecule has 9 nitrogen and oxygen atoms in total. The van der Waals surface area contributed by atoms with Crippen LogP contribution in [0, 0.1) is 6.92 Å². The standard InChI is InChI=1S/C16H22N4O5S/c1-11(16-18-12(2)19-25-16)17-13-4-5-14(23-3)15(10-13)26(21,22)20-6-8-24-9-7-20/h4-5,10-11,17H,6-9H2,1-3H3. The number of hydrogen-bond donors (Lipinski definition) is 1. The first kappa shape index (κ1) is 18.6. The number of morpholine rings is 1. The predicted molar refractivity (Wildman–Crippen MR) is 93.6 cm³/mol. The monoisotopic (exact) mass is 382 g/mol. The zero-order valence-electron chi connectivity index (χ0n) is 14.9. The van der Waals surface area contributed by atoms with Gasteiger partial charge in [0.2, 0.25) is 15.9 Å². The molecule has 2 heterocycles. The molecule has 1 aliphatic rings. The van der Waals surface area contributed by atoms with Gasteiger partial charge in [0.25, 0.3) is 0 Å². The molecule has 1 fully saturated rings. The first-order valence-electron chi connectivity index (χ1n) is 8.24. The summed E-state index contributed by atoms with van der Waals surface area (Å²) < 4.78 is 43.1. The van der Waals surface area contributed by atoms with Gasteiger partial charge in [-0.25, -0.2) is 8.42 Å². The lowest BCUT2D eigenvalue weighted by Crippen LogP contribution is -2.40. The molecule has 2 aromatic rings. The van der Waals surface area contributed by atoms with Crippen LogP contribution in [0.2, 0.25) is 0 Å². The van der Waals surface area contributed by atoms with Gasteiger partial charge in [-0.3, -0.25) is 0 Å². The SMILES string of the molecule is COc1ccc(NC(C)c2nc(C)no2)cc1S(=O)(=O)N1CCOCC1. The third-order valence-electron chi connectivity index (χ3n) is 4.05. The minimum atomic E-state index is -3.69. The summed E-state index contributed by atoms with van der Waals surface area (Å²) in [6, 6.07) is 4.66. The molecule has 1 saturated heterocycles. The van der Waals surface area contributed by atoms with E-state index < -0.39 is 10.0 Å². The summed E-state index contributed by atoms with van der Waals surface area (Å²) >= 11 is 0. The molecule has 3 rings (SSSR count). The molecule has 1 atom stereocenters. The van der Waals surface area contributed by atoms with Crippen LogP contribution in [0.4, 0.5) is 5.69 Å². The van der Waals surface area contributed by atoms with E-state index in [1.54, 1.807) is 25.1 Å². The maximum absolute atomic E-state index is 13.0. The van der Waals surface area contributed by atoms with Crippen LogP contribution in [-0.4, -0.2) is 56.3 Å². The van der Waals surface area contributed by atoms with Gasteiger partial charge in [-0.15, -0.1) is 0 Å². The summed E-state index contributed by atoms with van der Waals surface area (Å²) in [7, 11) is -2.24. The van der Waals surface area contributed by atoms with Gasteiger partial charge in [-0.1, -0.05) is 5.16 Å². The number of anilines is 1. The molecule has 0 saturated carbocycles. The summed E-state index contributed by atoms with van der Waals surface area (Å²) in [5.74, 6) is 1.26. The van der Waals surface area contributed by atoms with Crippen molar-refractivity contribution in [3.05, 3.63) is 29.9 Å². The number of sulfonamides is 1. The highest BCUT2D eigenvalue weighted by atomic mass is 32.2. The number of methoxy groups -OCH3 is 1. The fraction of sp³-hybridized carbons (Fsp3) is 0.500. The topological polar surface area (TPSA) is 107 Å². The Labute approximate surface area is 152 Å². The number of rotatable bonds is 6. The molecule has 10 heteroatoms. The summed E-state index contributed by atoms with van der Waals surface area (Å²) in [6.07, 6.45) is 0. The molecule has 142 valence electrons. The zero-order chi connectivity index (χ0) is 18.7. The van der Waals surface area contributed by atoms with E-state index in [4.69, 9.17) is 14.0 Å². The molecule has 0 amide bonds. The van der Waals surface area contributed by atoms with Gasteiger partial charge in [0.1, 0.15) is 16.7 Å². The van der Waals surface area contributed by atoms with Crippen LogP contribution < -0.4 is 10.1 Å². The summed E-state index contributed by atoms with van der Waals surface area (Å²) in [6.45, 7) is 5.00. The van der Waals surface area contributed by atoms with Crippen LogP contribution in [0.5, 0.6) is 5.75 Å². The molecule has 0 bridgehead atoms. The molecule has 1 aromatic carbocycles. The van der Waals surface area contributed by atoms with Crippen LogP contribution in [0.1, 0.15) is 24.7 Å². The van der Waals surface area contributed by atoms with Gasteiger partial charge in [0.05, 0.1) is 20.3 Å². The van der Waals surface area contributed by atoms with Crippen molar-refractivity contribution in [2.45, 2.75) is 24.8 Å². The molecular weight excluding hydrogens is 360 g/mol. The van der Waals surface area contributed by atoms with Crippen molar-refractivity contribution in [1.82, 2.24) is 14.4 Å². The largest absolute Gasteiger partial charge is 0.495 e. The molecule has 0 spiro atoms. The predicted octanol–water partition coefficient (Wildman–Crippen LogP) is 1.58. The first-order valence-corrected chi connectivity index (χ1v) is 9.68. The van der Waals surface area contributed by atoms with E-state index in [1.807, 2.05) is 6.92 Å². The van der Waals surface area contributed by atoms with Crippen molar-refractivity contribution in [1.29, 1.82) is 0 Å². The van der Waals surface area contributed by atoms with Gasteiger partial charge >= 0.3 is 0 Å².